The summed E-state index contributed by atoms with van der Waals surface area (Å²) in [6, 6.07) is 14.5. The van der Waals surface area contributed by atoms with Crippen molar-refractivity contribution in [3.05, 3.63) is 70.8 Å². The van der Waals surface area contributed by atoms with Gasteiger partial charge in [0.2, 0.25) is 0 Å². The molecule has 41 heavy (non-hydrogen) atoms. The summed E-state index contributed by atoms with van der Waals surface area (Å²) in [6.45, 7) is 6.19. The largest absolute Gasteiger partial charge is 0.357 e. The molecule has 2 aliphatic heterocycles. The number of rotatable bonds is 7. The topological polar surface area (TPSA) is 115 Å². The Hall–Kier alpha value is -3.75. The molecule has 10 nitrogen and oxygen atoms in total. The highest BCUT2D eigenvalue weighted by molar-refractivity contribution is 6.12. The van der Waals surface area contributed by atoms with E-state index in [1.807, 2.05) is 38.1 Å². The van der Waals surface area contributed by atoms with Gasteiger partial charge in [0.15, 0.2) is 17.6 Å². The highest BCUT2D eigenvalue weighted by Gasteiger charge is 2.47. The number of amides is 3. The van der Waals surface area contributed by atoms with E-state index in [1.165, 1.54) is 21.0 Å². The number of nitrogens with zero attached hydrogens (tertiary/aromatic N) is 1. The molecule has 0 radical (unpaired) electrons. The van der Waals surface area contributed by atoms with E-state index in [2.05, 4.69) is 22.6 Å². The second-order valence-corrected chi connectivity index (χ2v) is 10.6. The van der Waals surface area contributed by atoms with Crippen molar-refractivity contribution >= 4 is 17.7 Å². The molecule has 2 N–H and O–H groups in total. The minimum absolute atomic E-state index is 0.106. The Morgan fingerprint density at radius 2 is 1.63 bits per heavy atom. The summed E-state index contributed by atoms with van der Waals surface area (Å²) in [7, 11) is 2.80. The van der Waals surface area contributed by atoms with E-state index in [1.54, 1.807) is 24.3 Å². The van der Waals surface area contributed by atoms with Gasteiger partial charge in [0.1, 0.15) is 6.10 Å². The van der Waals surface area contributed by atoms with Crippen LogP contribution in [0.5, 0.6) is 0 Å². The SMILES string of the molecule is CNC(=O)C(C)(C(=O)NOC1CCCCO1)N(C)C(=O)c1ccc(C#Cc2ccc(C3COC(C)(C)O3)cc2)cc1. The summed E-state index contributed by atoms with van der Waals surface area (Å²) in [6.07, 6.45) is 1.74. The van der Waals surface area contributed by atoms with Crippen LogP contribution in [0.4, 0.5) is 0 Å². The zero-order valence-corrected chi connectivity index (χ0v) is 24.1. The van der Waals surface area contributed by atoms with Gasteiger partial charge in [0.05, 0.1) is 6.61 Å². The molecule has 2 heterocycles. The van der Waals surface area contributed by atoms with Crippen LogP contribution < -0.4 is 10.8 Å². The standard InChI is InChI=1S/C31H37N3O7/c1-30(2)39-20-25(40-30)23-15-11-21(12-16-23)9-10-22-13-17-24(18-14-22)27(35)34(5)31(3,28(36)32-4)29(37)33-41-26-8-6-7-19-38-26/h11-18,25-26H,6-8,19-20H2,1-5H3,(H,32,36)(H,33,37). The van der Waals surface area contributed by atoms with Crippen LogP contribution in [0.3, 0.4) is 0 Å². The summed E-state index contributed by atoms with van der Waals surface area (Å²) in [4.78, 5) is 45.7. The summed E-state index contributed by atoms with van der Waals surface area (Å²) >= 11 is 0. The number of benzene rings is 2. The molecule has 0 aliphatic carbocycles. The van der Waals surface area contributed by atoms with E-state index < -0.39 is 35.3 Å². The van der Waals surface area contributed by atoms with E-state index in [4.69, 9.17) is 19.0 Å². The molecule has 3 atom stereocenters. The lowest BCUT2D eigenvalue weighted by atomic mass is 9.96. The molecule has 10 heteroatoms. The number of hydrogen-bond acceptors (Lipinski definition) is 7. The Morgan fingerprint density at radius 3 is 2.17 bits per heavy atom. The molecule has 2 saturated heterocycles. The van der Waals surface area contributed by atoms with Gasteiger partial charge in [-0.1, -0.05) is 24.0 Å². The minimum Gasteiger partial charge on any atom is -0.357 e. The van der Waals surface area contributed by atoms with Crippen molar-refractivity contribution in [1.29, 1.82) is 0 Å². The molecule has 0 bridgehead atoms. The van der Waals surface area contributed by atoms with Gasteiger partial charge in [-0.3, -0.25) is 14.4 Å². The predicted molar refractivity (Wildman–Crippen MR) is 150 cm³/mol. The van der Waals surface area contributed by atoms with Crippen molar-refractivity contribution in [3.8, 4) is 11.8 Å². The average Bonchev–Trinajstić information content (AvgIpc) is 3.37. The van der Waals surface area contributed by atoms with Gasteiger partial charge in [-0.25, -0.2) is 10.3 Å². The number of likely N-dealkylation sites (N-methyl/N-ethyl adjacent to an activating group) is 2. The Bertz CT molecular complexity index is 1310. The molecule has 0 aromatic heterocycles. The number of carbonyl (C=O) groups excluding carboxylic acids is 3. The lowest BCUT2D eigenvalue weighted by Gasteiger charge is -2.36. The van der Waals surface area contributed by atoms with Crippen LogP contribution in [0.15, 0.2) is 48.5 Å². The van der Waals surface area contributed by atoms with Crippen LogP contribution in [0.1, 0.15) is 73.2 Å². The smallest absolute Gasteiger partial charge is 0.279 e. The van der Waals surface area contributed by atoms with Crippen molar-refractivity contribution in [2.45, 2.75) is 63.8 Å². The fourth-order valence-electron chi connectivity index (χ4n) is 4.54. The second kappa shape index (κ2) is 12.8. The van der Waals surface area contributed by atoms with Gasteiger partial charge in [-0.05, 0) is 75.6 Å². The first-order chi connectivity index (χ1) is 19.5. The van der Waals surface area contributed by atoms with Crippen LogP contribution in [0, 0.1) is 11.8 Å². The third kappa shape index (κ3) is 7.13. The first kappa shape index (κ1) is 30.2. The van der Waals surface area contributed by atoms with Gasteiger partial charge >= 0.3 is 0 Å². The lowest BCUT2D eigenvalue weighted by molar-refractivity contribution is -0.204. The third-order valence-corrected chi connectivity index (χ3v) is 7.28. The van der Waals surface area contributed by atoms with Crippen LogP contribution in [0.2, 0.25) is 0 Å². The highest BCUT2D eigenvalue weighted by atomic mass is 16.8. The number of hydrogen-bond donors (Lipinski definition) is 2. The molecule has 0 spiro atoms. The number of ether oxygens (including phenoxy) is 3. The van der Waals surface area contributed by atoms with E-state index in [0.29, 0.717) is 30.8 Å². The van der Waals surface area contributed by atoms with Crippen molar-refractivity contribution in [2.75, 3.05) is 27.3 Å². The van der Waals surface area contributed by atoms with E-state index >= 15 is 0 Å². The molecular weight excluding hydrogens is 526 g/mol. The van der Waals surface area contributed by atoms with E-state index in [0.717, 1.165) is 28.9 Å². The normalized spacial score (nSPS) is 21.1. The van der Waals surface area contributed by atoms with Gasteiger partial charge in [-0.15, -0.1) is 0 Å². The number of carbonyl (C=O) groups is 3. The molecule has 2 aromatic carbocycles. The minimum atomic E-state index is -1.88. The number of hydroxylamine groups is 1. The monoisotopic (exact) mass is 563 g/mol. The molecule has 3 amide bonds. The van der Waals surface area contributed by atoms with Gasteiger partial charge in [0.25, 0.3) is 17.7 Å². The molecule has 0 saturated carbocycles. The summed E-state index contributed by atoms with van der Waals surface area (Å²) in [5.74, 6) is 3.66. The van der Waals surface area contributed by atoms with Crippen LogP contribution in [-0.4, -0.2) is 67.5 Å². The van der Waals surface area contributed by atoms with Crippen molar-refractivity contribution in [1.82, 2.24) is 15.7 Å². The van der Waals surface area contributed by atoms with Gasteiger partial charge in [0, 0.05) is 43.8 Å². The quantitative estimate of drug-likeness (QED) is 0.302. The maximum Gasteiger partial charge on any atom is 0.279 e. The first-order valence-electron chi connectivity index (χ1n) is 13.7. The average molecular weight is 564 g/mol. The molecular formula is C31H37N3O7. The van der Waals surface area contributed by atoms with Crippen LogP contribution in [-0.2, 0) is 28.6 Å². The summed E-state index contributed by atoms with van der Waals surface area (Å²) in [5, 5.41) is 2.46. The van der Waals surface area contributed by atoms with Crippen molar-refractivity contribution < 1.29 is 33.4 Å². The van der Waals surface area contributed by atoms with Gasteiger partial charge < -0.3 is 24.4 Å². The Kier molecular flexibility index (Phi) is 9.46. The fourth-order valence-corrected chi connectivity index (χ4v) is 4.54. The second-order valence-electron chi connectivity index (χ2n) is 10.6. The molecule has 3 unspecified atom stereocenters. The zero-order valence-electron chi connectivity index (χ0n) is 24.1. The molecule has 218 valence electrons. The van der Waals surface area contributed by atoms with Gasteiger partial charge in [-0.2, -0.15) is 0 Å². The Balaban J connectivity index is 1.41. The lowest BCUT2D eigenvalue weighted by Crippen LogP contribution is -2.65. The highest BCUT2D eigenvalue weighted by Crippen LogP contribution is 2.32. The number of nitrogens with one attached hydrogen (secondary N) is 2. The Labute approximate surface area is 240 Å². The maximum absolute atomic E-state index is 13.3. The van der Waals surface area contributed by atoms with Crippen molar-refractivity contribution in [3.63, 3.8) is 0 Å². The van der Waals surface area contributed by atoms with Crippen LogP contribution >= 0.6 is 0 Å². The first-order valence-corrected chi connectivity index (χ1v) is 13.7. The molecule has 2 fully saturated rings. The zero-order chi connectivity index (χ0) is 29.6. The summed E-state index contributed by atoms with van der Waals surface area (Å²) in [5.41, 5.74) is 3.29. The molecule has 2 aliphatic rings. The third-order valence-electron chi connectivity index (χ3n) is 7.28. The summed E-state index contributed by atoms with van der Waals surface area (Å²) < 4.78 is 17.0. The molecule has 4 rings (SSSR count). The fraction of sp³-hybridized carbons (Fsp3) is 0.452. The van der Waals surface area contributed by atoms with E-state index in [9.17, 15) is 14.4 Å². The maximum atomic E-state index is 13.3. The van der Waals surface area contributed by atoms with E-state index in [-0.39, 0.29) is 6.10 Å². The van der Waals surface area contributed by atoms with Crippen LogP contribution in [0.25, 0.3) is 0 Å². The molecule has 2 aromatic rings. The van der Waals surface area contributed by atoms with Crippen molar-refractivity contribution in [2.24, 2.45) is 0 Å². The Morgan fingerprint density at radius 1 is 1.00 bits per heavy atom. The predicted octanol–water partition coefficient (Wildman–Crippen LogP) is 3.06.